The number of methoxy groups -OCH3 is 1. The third-order valence-electron chi connectivity index (χ3n) is 2.90. The Bertz CT molecular complexity index is 705. The van der Waals surface area contributed by atoms with Crippen molar-refractivity contribution in [1.82, 2.24) is 9.97 Å². The van der Waals surface area contributed by atoms with Crippen molar-refractivity contribution in [1.29, 1.82) is 0 Å². The molecule has 0 atom stereocenters. The fraction of sp³-hybridized carbons (Fsp3) is 0.286. The lowest BCUT2D eigenvalue weighted by atomic mass is 10.1. The molecule has 2 aromatic heterocycles. The molecule has 0 aromatic carbocycles. The fourth-order valence-electron chi connectivity index (χ4n) is 1.76. The minimum Gasteiger partial charge on any atom is -0.478 e. The summed E-state index contributed by atoms with van der Waals surface area (Å²) in [6.45, 7) is 3.12. The van der Waals surface area contributed by atoms with Gasteiger partial charge in [0.1, 0.15) is 0 Å². The quantitative estimate of drug-likeness (QED) is 0.780. The van der Waals surface area contributed by atoms with E-state index in [4.69, 9.17) is 9.47 Å². The first-order valence-electron chi connectivity index (χ1n) is 6.15. The lowest BCUT2D eigenvalue weighted by Gasteiger charge is -2.15. The first-order valence-corrected chi connectivity index (χ1v) is 6.95. The molecule has 0 aliphatic carbocycles. The summed E-state index contributed by atoms with van der Waals surface area (Å²) in [6.07, 6.45) is -3.73. The molecule has 0 bridgehead atoms. The van der Waals surface area contributed by atoms with Crippen LogP contribution in [0.3, 0.4) is 0 Å². The van der Waals surface area contributed by atoms with Crippen LogP contribution in [-0.4, -0.2) is 17.1 Å². The fourth-order valence-corrected chi connectivity index (χ4v) is 2.16. The second kappa shape index (κ2) is 6.12. The topological polar surface area (TPSA) is 44.2 Å². The largest absolute Gasteiger partial charge is 0.478 e. The average Bonchev–Trinajstić information content (AvgIpc) is 2.44. The zero-order valence-electron chi connectivity index (χ0n) is 12.0. The number of halogens is 4. The summed E-state index contributed by atoms with van der Waals surface area (Å²) in [5.74, 6) is 0.501. The van der Waals surface area contributed by atoms with E-state index in [1.165, 1.54) is 14.0 Å². The number of nitrogens with zero attached hydrogens (tertiary/aromatic N) is 2. The van der Waals surface area contributed by atoms with E-state index in [1.54, 1.807) is 19.1 Å². The Morgan fingerprint density at radius 2 is 1.82 bits per heavy atom. The lowest BCUT2D eigenvalue weighted by molar-refractivity contribution is -0.138. The molecule has 0 fully saturated rings. The van der Waals surface area contributed by atoms with Gasteiger partial charge in [0, 0.05) is 11.9 Å². The van der Waals surface area contributed by atoms with Crippen LogP contribution in [0, 0.1) is 13.8 Å². The highest BCUT2D eigenvalue weighted by Gasteiger charge is 2.34. The summed E-state index contributed by atoms with van der Waals surface area (Å²) in [4.78, 5) is 7.85. The molecule has 0 spiro atoms. The molecule has 22 heavy (non-hydrogen) atoms. The summed E-state index contributed by atoms with van der Waals surface area (Å²) >= 11 is 3.09. The Hall–Kier alpha value is -1.83. The molecule has 2 aromatic rings. The second-order valence-corrected chi connectivity index (χ2v) is 5.27. The van der Waals surface area contributed by atoms with Gasteiger partial charge in [-0.2, -0.15) is 13.2 Å². The second-order valence-electron chi connectivity index (χ2n) is 4.48. The summed E-state index contributed by atoms with van der Waals surface area (Å²) in [7, 11) is 1.43. The lowest BCUT2D eigenvalue weighted by Crippen LogP contribution is -2.09. The van der Waals surface area contributed by atoms with Crippen molar-refractivity contribution in [2.24, 2.45) is 0 Å². The van der Waals surface area contributed by atoms with E-state index < -0.39 is 11.7 Å². The maximum Gasteiger partial charge on any atom is 0.418 e. The van der Waals surface area contributed by atoms with Crippen LogP contribution in [0.15, 0.2) is 22.8 Å². The van der Waals surface area contributed by atoms with E-state index in [0.29, 0.717) is 0 Å². The highest BCUT2D eigenvalue weighted by molar-refractivity contribution is 9.10. The van der Waals surface area contributed by atoms with Gasteiger partial charge in [-0.1, -0.05) is 0 Å². The first kappa shape index (κ1) is 16.5. The van der Waals surface area contributed by atoms with Crippen LogP contribution < -0.4 is 9.47 Å². The number of alkyl halides is 3. The van der Waals surface area contributed by atoms with E-state index in [9.17, 15) is 13.2 Å². The number of rotatable bonds is 3. The van der Waals surface area contributed by atoms with Crippen molar-refractivity contribution in [3.05, 3.63) is 39.6 Å². The Kier molecular flexibility index (Phi) is 4.60. The zero-order valence-corrected chi connectivity index (χ0v) is 13.5. The monoisotopic (exact) mass is 376 g/mol. The van der Waals surface area contributed by atoms with E-state index in [0.717, 1.165) is 11.9 Å². The van der Waals surface area contributed by atoms with Crippen molar-refractivity contribution >= 4 is 15.9 Å². The first-order chi connectivity index (χ1) is 10.2. The number of ether oxygens (including phenoxy) is 2. The molecule has 0 N–H and O–H groups in total. The molecular weight excluding hydrogens is 365 g/mol. The average molecular weight is 377 g/mol. The molecule has 0 unspecified atom stereocenters. The smallest absolute Gasteiger partial charge is 0.418 e. The molecule has 2 rings (SSSR count). The van der Waals surface area contributed by atoms with Crippen molar-refractivity contribution in [3.8, 4) is 17.5 Å². The van der Waals surface area contributed by atoms with Crippen LogP contribution in [-0.2, 0) is 6.18 Å². The van der Waals surface area contributed by atoms with Crippen LogP contribution >= 0.6 is 15.9 Å². The van der Waals surface area contributed by atoms with Crippen molar-refractivity contribution in [3.63, 3.8) is 0 Å². The van der Waals surface area contributed by atoms with E-state index >= 15 is 0 Å². The van der Waals surface area contributed by atoms with E-state index in [-0.39, 0.29) is 27.5 Å². The van der Waals surface area contributed by atoms with Crippen molar-refractivity contribution < 1.29 is 22.6 Å². The molecule has 0 aliphatic rings. The van der Waals surface area contributed by atoms with Gasteiger partial charge in [-0.15, -0.1) is 0 Å². The summed E-state index contributed by atoms with van der Waals surface area (Å²) in [5.41, 5.74) is -0.0999. The highest BCUT2D eigenvalue weighted by atomic mass is 79.9. The summed E-state index contributed by atoms with van der Waals surface area (Å²) in [5, 5.41) is 0. The summed E-state index contributed by atoms with van der Waals surface area (Å²) in [6, 6.07) is 3.31. The standard InChI is InChI=1S/C14H12BrF3N2O2/c1-7-4-5-10(12(20-7)21-3)22-13-11(15)8(2)9(6-19-13)14(16,17)18/h4-6H,1-3H3. The molecule has 2 heterocycles. The van der Waals surface area contributed by atoms with Crippen molar-refractivity contribution in [2.45, 2.75) is 20.0 Å². The third-order valence-corrected chi connectivity index (χ3v) is 3.84. The maximum atomic E-state index is 12.8. The SMILES string of the molecule is COc1nc(C)ccc1Oc1ncc(C(F)(F)F)c(C)c1Br. The Morgan fingerprint density at radius 1 is 1.14 bits per heavy atom. The molecule has 0 radical (unpaired) electrons. The van der Waals surface area contributed by atoms with Gasteiger partial charge in [0.05, 0.1) is 17.1 Å². The van der Waals surface area contributed by atoms with Crippen LogP contribution in [0.25, 0.3) is 0 Å². The van der Waals surface area contributed by atoms with Crippen LogP contribution in [0.4, 0.5) is 13.2 Å². The number of aromatic nitrogens is 2. The number of aryl methyl sites for hydroxylation is 1. The van der Waals surface area contributed by atoms with E-state index in [1.807, 2.05) is 0 Å². The van der Waals surface area contributed by atoms with Crippen molar-refractivity contribution in [2.75, 3.05) is 7.11 Å². The molecule has 0 saturated carbocycles. The molecule has 0 amide bonds. The number of pyridine rings is 2. The van der Waals surface area contributed by atoms with Gasteiger partial charge >= 0.3 is 6.18 Å². The predicted molar refractivity (Wildman–Crippen MR) is 77.3 cm³/mol. The molecule has 0 aliphatic heterocycles. The Balaban J connectivity index is 2.42. The van der Waals surface area contributed by atoms with Gasteiger partial charge in [-0.05, 0) is 47.5 Å². The molecule has 8 heteroatoms. The van der Waals surface area contributed by atoms with Gasteiger partial charge in [0.15, 0.2) is 5.75 Å². The molecule has 118 valence electrons. The van der Waals surface area contributed by atoms with Crippen LogP contribution in [0.5, 0.6) is 17.5 Å². The molecular formula is C14H12BrF3N2O2. The molecule has 0 saturated heterocycles. The Labute approximate surface area is 133 Å². The highest BCUT2D eigenvalue weighted by Crippen LogP contribution is 2.39. The maximum absolute atomic E-state index is 12.8. The van der Waals surface area contributed by atoms with Crippen LogP contribution in [0.2, 0.25) is 0 Å². The van der Waals surface area contributed by atoms with Crippen LogP contribution in [0.1, 0.15) is 16.8 Å². The Morgan fingerprint density at radius 3 is 2.41 bits per heavy atom. The van der Waals surface area contributed by atoms with Gasteiger partial charge < -0.3 is 9.47 Å². The van der Waals surface area contributed by atoms with E-state index in [2.05, 4.69) is 25.9 Å². The number of hydrogen-bond donors (Lipinski definition) is 0. The van der Waals surface area contributed by atoms with Gasteiger partial charge in [0.2, 0.25) is 5.88 Å². The number of hydrogen-bond acceptors (Lipinski definition) is 4. The van der Waals surface area contributed by atoms with Gasteiger partial charge in [-0.3, -0.25) is 0 Å². The third kappa shape index (κ3) is 3.32. The summed E-state index contributed by atoms with van der Waals surface area (Å²) < 4.78 is 49.2. The normalized spacial score (nSPS) is 11.4. The minimum atomic E-state index is -4.47. The predicted octanol–water partition coefficient (Wildman–Crippen LogP) is 4.68. The zero-order chi connectivity index (χ0) is 16.5. The minimum absolute atomic E-state index is 0.00321. The van der Waals surface area contributed by atoms with Gasteiger partial charge in [0.25, 0.3) is 5.88 Å². The van der Waals surface area contributed by atoms with Gasteiger partial charge in [-0.25, -0.2) is 9.97 Å². The molecule has 4 nitrogen and oxygen atoms in total.